The van der Waals surface area contributed by atoms with Crippen molar-refractivity contribution in [2.75, 3.05) is 26.2 Å². The number of benzene rings is 2. The van der Waals surface area contributed by atoms with Crippen molar-refractivity contribution >= 4 is 5.97 Å². The first-order valence-electron chi connectivity index (χ1n) is 9.33. The molecule has 0 saturated carbocycles. The summed E-state index contributed by atoms with van der Waals surface area (Å²) in [6.07, 6.45) is -4.75. The van der Waals surface area contributed by atoms with Crippen LogP contribution in [0, 0.1) is 0 Å². The maximum absolute atomic E-state index is 12.7. The molecule has 2 aromatic rings. The molecule has 5 nitrogen and oxygen atoms in total. The van der Waals surface area contributed by atoms with Crippen molar-refractivity contribution in [1.29, 1.82) is 0 Å². The number of hydrogen-bond acceptors (Lipinski definition) is 4. The van der Waals surface area contributed by atoms with Crippen LogP contribution in [0.3, 0.4) is 0 Å². The standard InChI is InChI=1S/C21H23F3N2O3/c1-15-13-26(11-10-25(15)14-19(27)28)20(16-6-3-2-4-7-16)17-8-5-9-18(12-17)29-21(22,23)24/h2-9,12,15,20H,10-11,13-14H2,1H3,(H,27,28)/t15-,20?/m1/s1. The summed E-state index contributed by atoms with van der Waals surface area (Å²) in [7, 11) is 0. The van der Waals surface area contributed by atoms with E-state index in [9.17, 15) is 18.0 Å². The van der Waals surface area contributed by atoms with Crippen molar-refractivity contribution in [2.24, 2.45) is 0 Å². The fraction of sp³-hybridized carbons (Fsp3) is 0.381. The predicted molar refractivity (Wildman–Crippen MR) is 102 cm³/mol. The normalized spacial score (nSPS) is 19.7. The summed E-state index contributed by atoms with van der Waals surface area (Å²) in [5.41, 5.74) is 1.65. The quantitative estimate of drug-likeness (QED) is 0.789. The molecule has 0 amide bonds. The van der Waals surface area contributed by atoms with Crippen LogP contribution in [-0.2, 0) is 4.79 Å². The van der Waals surface area contributed by atoms with Crippen LogP contribution in [0.2, 0.25) is 0 Å². The Morgan fingerprint density at radius 1 is 1.14 bits per heavy atom. The third-order valence-corrected chi connectivity index (χ3v) is 5.02. The molecule has 0 spiro atoms. The summed E-state index contributed by atoms with van der Waals surface area (Å²) >= 11 is 0. The van der Waals surface area contributed by atoms with Gasteiger partial charge in [0.2, 0.25) is 0 Å². The van der Waals surface area contributed by atoms with Crippen molar-refractivity contribution in [2.45, 2.75) is 25.4 Å². The maximum Gasteiger partial charge on any atom is 0.573 e. The molecule has 2 atom stereocenters. The molecule has 3 rings (SSSR count). The summed E-state index contributed by atoms with van der Waals surface area (Å²) in [5, 5.41) is 9.08. The minimum atomic E-state index is -4.75. The van der Waals surface area contributed by atoms with Gasteiger partial charge in [-0.1, -0.05) is 42.5 Å². The molecule has 1 N–H and O–H groups in total. The first-order valence-corrected chi connectivity index (χ1v) is 9.33. The number of nitrogens with zero attached hydrogens (tertiary/aromatic N) is 2. The molecule has 1 aliphatic heterocycles. The van der Waals surface area contributed by atoms with Crippen LogP contribution < -0.4 is 4.74 Å². The number of carbonyl (C=O) groups is 1. The van der Waals surface area contributed by atoms with Crippen LogP contribution >= 0.6 is 0 Å². The number of alkyl halides is 3. The predicted octanol–water partition coefficient (Wildman–Crippen LogP) is 3.77. The third-order valence-electron chi connectivity index (χ3n) is 5.02. The van der Waals surface area contributed by atoms with Crippen LogP contribution in [0.15, 0.2) is 54.6 Å². The molecule has 0 aliphatic carbocycles. The van der Waals surface area contributed by atoms with Crippen LogP contribution in [-0.4, -0.2) is 59.5 Å². The zero-order valence-corrected chi connectivity index (χ0v) is 16.0. The van der Waals surface area contributed by atoms with Gasteiger partial charge in [0, 0.05) is 25.7 Å². The Bertz CT molecular complexity index is 829. The van der Waals surface area contributed by atoms with Gasteiger partial charge in [0.1, 0.15) is 5.75 Å². The Labute approximate surface area is 167 Å². The summed E-state index contributed by atoms with van der Waals surface area (Å²) in [5.74, 6) is -1.13. The van der Waals surface area contributed by atoms with Gasteiger partial charge in [-0.2, -0.15) is 0 Å². The van der Waals surface area contributed by atoms with Gasteiger partial charge in [0.25, 0.3) is 0 Å². The highest BCUT2D eigenvalue weighted by Crippen LogP contribution is 2.33. The van der Waals surface area contributed by atoms with E-state index in [1.807, 2.05) is 42.2 Å². The molecule has 1 fully saturated rings. The van der Waals surface area contributed by atoms with E-state index in [1.165, 1.54) is 12.1 Å². The number of piperazine rings is 1. The van der Waals surface area contributed by atoms with Crippen LogP contribution in [0.25, 0.3) is 0 Å². The average Bonchev–Trinajstić information content (AvgIpc) is 2.64. The second-order valence-electron chi connectivity index (χ2n) is 7.14. The molecule has 2 aromatic carbocycles. The van der Waals surface area contributed by atoms with Crippen molar-refractivity contribution in [3.05, 3.63) is 65.7 Å². The number of ether oxygens (including phenoxy) is 1. The van der Waals surface area contributed by atoms with Gasteiger partial charge in [-0.15, -0.1) is 13.2 Å². The zero-order valence-electron chi connectivity index (χ0n) is 16.0. The second kappa shape index (κ2) is 8.84. The smallest absolute Gasteiger partial charge is 0.480 e. The molecule has 0 bridgehead atoms. The number of rotatable bonds is 6. The molecule has 0 radical (unpaired) electrons. The Kier molecular flexibility index (Phi) is 6.44. The first-order chi connectivity index (χ1) is 13.7. The Morgan fingerprint density at radius 2 is 1.83 bits per heavy atom. The Morgan fingerprint density at radius 3 is 2.45 bits per heavy atom. The maximum atomic E-state index is 12.7. The van der Waals surface area contributed by atoms with Crippen molar-refractivity contribution < 1.29 is 27.8 Å². The van der Waals surface area contributed by atoms with E-state index in [0.717, 1.165) is 5.56 Å². The molecule has 1 saturated heterocycles. The van der Waals surface area contributed by atoms with Crippen LogP contribution in [0.4, 0.5) is 13.2 Å². The number of halogens is 3. The minimum absolute atomic E-state index is 0.000620. The van der Waals surface area contributed by atoms with Gasteiger partial charge < -0.3 is 9.84 Å². The number of aliphatic carboxylic acids is 1. The molecular formula is C21H23F3N2O3. The van der Waals surface area contributed by atoms with Gasteiger partial charge in [0.05, 0.1) is 12.6 Å². The highest BCUT2D eigenvalue weighted by Gasteiger charge is 2.33. The topological polar surface area (TPSA) is 53.0 Å². The van der Waals surface area contributed by atoms with Crippen molar-refractivity contribution in [3.63, 3.8) is 0 Å². The van der Waals surface area contributed by atoms with Gasteiger partial charge in [0.15, 0.2) is 0 Å². The van der Waals surface area contributed by atoms with E-state index in [4.69, 9.17) is 5.11 Å². The van der Waals surface area contributed by atoms with E-state index in [0.29, 0.717) is 25.2 Å². The monoisotopic (exact) mass is 408 g/mol. The summed E-state index contributed by atoms with van der Waals surface area (Å²) in [6, 6.07) is 15.3. The molecule has 1 aliphatic rings. The van der Waals surface area contributed by atoms with Crippen molar-refractivity contribution in [3.8, 4) is 5.75 Å². The zero-order chi connectivity index (χ0) is 21.0. The van der Waals surface area contributed by atoms with E-state index in [-0.39, 0.29) is 24.4 Å². The first kappa shape index (κ1) is 21.1. The Balaban J connectivity index is 1.89. The molecular weight excluding hydrogens is 385 g/mol. The fourth-order valence-electron chi connectivity index (χ4n) is 3.80. The van der Waals surface area contributed by atoms with Crippen LogP contribution in [0.5, 0.6) is 5.75 Å². The number of carboxylic acid groups (broad SMARTS) is 1. The van der Waals surface area contributed by atoms with Gasteiger partial charge in [-0.3, -0.25) is 14.6 Å². The average molecular weight is 408 g/mol. The lowest BCUT2D eigenvalue weighted by atomic mass is 9.95. The fourth-order valence-corrected chi connectivity index (χ4v) is 3.80. The summed E-state index contributed by atoms with van der Waals surface area (Å²) in [4.78, 5) is 15.1. The second-order valence-corrected chi connectivity index (χ2v) is 7.14. The molecule has 8 heteroatoms. The van der Waals surface area contributed by atoms with Crippen molar-refractivity contribution in [1.82, 2.24) is 9.80 Å². The van der Waals surface area contributed by atoms with Gasteiger partial charge in [-0.25, -0.2) is 0 Å². The van der Waals surface area contributed by atoms with E-state index in [2.05, 4.69) is 9.64 Å². The van der Waals surface area contributed by atoms with E-state index < -0.39 is 12.3 Å². The molecule has 1 heterocycles. The van der Waals surface area contributed by atoms with Gasteiger partial charge >= 0.3 is 12.3 Å². The lowest BCUT2D eigenvalue weighted by Gasteiger charge is -2.43. The molecule has 29 heavy (non-hydrogen) atoms. The highest BCUT2D eigenvalue weighted by molar-refractivity contribution is 5.69. The lowest BCUT2D eigenvalue weighted by molar-refractivity contribution is -0.274. The van der Waals surface area contributed by atoms with Crippen LogP contribution in [0.1, 0.15) is 24.1 Å². The summed E-state index contributed by atoms with van der Waals surface area (Å²) < 4.78 is 42.1. The van der Waals surface area contributed by atoms with E-state index >= 15 is 0 Å². The minimum Gasteiger partial charge on any atom is -0.480 e. The SMILES string of the molecule is C[C@@H]1CN(C(c2ccccc2)c2cccc(OC(F)(F)F)c2)CCN1CC(=O)O. The highest BCUT2D eigenvalue weighted by atomic mass is 19.4. The molecule has 1 unspecified atom stereocenters. The lowest BCUT2D eigenvalue weighted by Crippen LogP contribution is -2.54. The van der Waals surface area contributed by atoms with E-state index in [1.54, 1.807) is 12.1 Å². The van der Waals surface area contributed by atoms with Gasteiger partial charge in [-0.05, 0) is 30.2 Å². The number of carboxylic acids is 1. The largest absolute Gasteiger partial charge is 0.573 e. The molecule has 0 aromatic heterocycles. The Hall–Kier alpha value is -2.58. The molecule has 156 valence electrons. The summed E-state index contributed by atoms with van der Waals surface area (Å²) in [6.45, 7) is 3.69. The third kappa shape index (κ3) is 5.71. The number of hydrogen-bond donors (Lipinski definition) is 1.